The van der Waals surface area contributed by atoms with E-state index >= 15 is 0 Å². The molecule has 2 aliphatic rings. The topological polar surface area (TPSA) is 43.8 Å². The third kappa shape index (κ3) is 3.01. The lowest BCUT2D eigenvalue weighted by Crippen LogP contribution is -2.50. The number of carboxylic acids is 1. The van der Waals surface area contributed by atoms with Crippen LogP contribution in [0.4, 0.5) is 5.69 Å². The third-order valence-electron chi connectivity index (χ3n) is 4.70. The molecule has 4 nitrogen and oxygen atoms in total. The number of hydrogen-bond donors (Lipinski definition) is 1. The molecule has 0 amide bonds. The van der Waals surface area contributed by atoms with Gasteiger partial charge in [0.2, 0.25) is 0 Å². The number of nitrogens with zero attached hydrogens (tertiary/aromatic N) is 2. The van der Waals surface area contributed by atoms with Crippen LogP contribution < -0.4 is 4.90 Å². The van der Waals surface area contributed by atoms with Crippen molar-refractivity contribution in [1.29, 1.82) is 0 Å². The zero-order valence-electron chi connectivity index (χ0n) is 12.1. The lowest BCUT2D eigenvalue weighted by molar-refractivity contribution is 0.0697. The Morgan fingerprint density at radius 3 is 2.43 bits per heavy atom. The van der Waals surface area contributed by atoms with E-state index in [1.807, 2.05) is 12.1 Å². The van der Waals surface area contributed by atoms with Crippen molar-refractivity contribution < 1.29 is 9.90 Å². The number of carbonyl (C=O) groups is 1. The number of benzene rings is 1. The fourth-order valence-corrected chi connectivity index (χ4v) is 3.84. The van der Waals surface area contributed by atoms with Crippen LogP contribution in [0, 0.1) is 0 Å². The molecule has 1 aliphatic heterocycles. The summed E-state index contributed by atoms with van der Waals surface area (Å²) in [6.07, 6.45) is 5.33. The van der Waals surface area contributed by atoms with Gasteiger partial charge in [-0.2, -0.15) is 0 Å². The van der Waals surface area contributed by atoms with Gasteiger partial charge in [-0.1, -0.05) is 30.5 Å². The Kier molecular flexibility index (Phi) is 4.36. The molecule has 0 bridgehead atoms. The van der Waals surface area contributed by atoms with E-state index in [0.717, 1.165) is 37.9 Å². The SMILES string of the molecule is O=C(O)c1c(Cl)cccc1N1CCN(C2CCCC2)CC1. The highest BCUT2D eigenvalue weighted by molar-refractivity contribution is 6.34. The molecule has 1 heterocycles. The Bertz CT molecular complexity index is 521. The zero-order valence-corrected chi connectivity index (χ0v) is 12.9. The van der Waals surface area contributed by atoms with Crippen LogP contribution in [0.2, 0.25) is 5.02 Å². The molecule has 1 aromatic rings. The van der Waals surface area contributed by atoms with Crippen molar-refractivity contribution in [1.82, 2.24) is 4.90 Å². The van der Waals surface area contributed by atoms with Gasteiger partial charge in [-0.3, -0.25) is 4.90 Å². The molecule has 1 saturated heterocycles. The quantitative estimate of drug-likeness (QED) is 0.932. The molecule has 114 valence electrons. The lowest BCUT2D eigenvalue weighted by Gasteiger charge is -2.39. The first kappa shape index (κ1) is 14.7. The Labute approximate surface area is 130 Å². The number of piperazine rings is 1. The summed E-state index contributed by atoms with van der Waals surface area (Å²) >= 11 is 6.06. The number of carboxylic acid groups (broad SMARTS) is 1. The molecule has 1 aromatic carbocycles. The van der Waals surface area contributed by atoms with Gasteiger partial charge >= 0.3 is 5.97 Å². The average molecular weight is 309 g/mol. The Balaban J connectivity index is 1.72. The molecule has 0 aromatic heterocycles. The van der Waals surface area contributed by atoms with Gasteiger partial charge in [-0.15, -0.1) is 0 Å². The predicted molar refractivity (Wildman–Crippen MR) is 84.5 cm³/mol. The van der Waals surface area contributed by atoms with Crippen LogP contribution in [0.5, 0.6) is 0 Å². The standard InChI is InChI=1S/C16H21ClN2O2/c17-13-6-3-7-14(15(13)16(20)21)19-10-8-18(9-11-19)12-4-1-2-5-12/h3,6-7,12H,1-2,4-5,8-11H2,(H,20,21). The average Bonchev–Trinajstić information content (AvgIpc) is 3.01. The molecule has 3 rings (SSSR count). The van der Waals surface area contributed by atoms with Gasteiger partial charge in [-0.25, -0.2) is 4.79 Å². The van der Waals surface area contributed by atoms with Crippen LogP contribution in [0.3, 0.4) is 0 Å². The van der Waals surface area contributed by atoms with E-state index in [9.17, 15) is 9.90 Å². The maximum absolute atomic E-state index is 11.4. The van der Waals surface area contributed by atoms with Gasteiger partial charge in [-0.05, 0) is 25.0 Å². The fourth-order valence-electron chi connectivity index (χ4n) is 3.59. The smallest absolute Gasteiger partial charge is 0.339 e. The van der Waals surface area contributed by atoms with Crippen molar-refractivity contribution in [3.05, 3.63) is 28.8 Å². The van der Waals surface area contributed by atoms with Crippen molar-refractivity contribution in [2.45, 2.75) is 31.7 Å². The molecular weight excluding hydrogens is 288 g/mol. The largest absolute Gasteiger partial charge is 0.478 e. The second-order valence-electron chi connectivity index (χ2n) is 5.90. The lowest BCUT2D eigenvalue weighted by atomic mass is 10.1. The molecule has 1 N–H and O–H groups in total. The summed E-state index contributed by atoms with van der Waals surface area (Å²) in [6.45, 7) is 3.76. The van der Waals surface area contributed by atoms with Crippen LogP contribution >= 0.6 is 11.6 Å². The maximum atomic E-state index is 11.4. The molecule has 0 radical (unpaired) electrons. The molecule has 1 aliphatic carbocycles. The molecule has 21 heavy (non-hydrogen) atoms. The number of rotatable bonds is 3. The minimum absolute atomic E-state index is 0.230. The summed E-state index contributed by atoms with van der Waals surface area (Å²) in [7, 11) is 0. The molecule has 1 saturated carbocycles. The number of aromatic carboxylic acids is 1. The van der Waals surface area contributed by atoms with E-state index in [1.54, 1.807) is 6.07 Å². The van der Waals surface area contributed by atoms with Crippen LogP contribution in [0.25, 0.3) is 0 Å². The highest BCUT2D eigenvalue weighted by atomic mass is 35.5. The Morgan fingerprint density at radius 2 is 1.81 bits per heavy atom. The maximum Gasteiger partial charge on any atom is 0.339 e. The second-order valence-corrected chi connectivity index (χ2v) is 6.31. The van der Waals surface area contributed by atoms with Crippen molar-refractivity contribution in [2.75, 3.05) is 31.1 Å². The first-order valence-corrected chi connectivity index (χ1v) is 8.05. The van der Waals surface area contributed by atoms with Gasteiger partial charge in [0.15, 0.2) is 0 Å². The fraction of sp³-hybridized carbons (Fsp3) is 0.562. The Hall–Kier alpha value is -1.26. The van der Waals surface area contributed by atoms with E-state index in [4.69, 9.17) is 11.6 Å². The van der Waals surface area contributed by atoms with Gasteiger partial charge in [0.1, 0.15) is 5.56 Å². The third-order valence-corrected chi connectivity index (χ3v) is 5.02. The van der Waals surface area contributed by atoms with E-state index in [-0.39, 0.29) is 5.56 Å². The number of anilines is 1. The van der Waals surface area contributed by atoms with Crippen molar-refractivity contribution in [3.8, 4) is 0 Å². The molecule has 0 unspecified atom stereocenters. The highest BCUT2D eigenvalue weighted by Crippen LogP contribution is 2.30. The summed E-state index contributed by atoms with van der Waals surface area (Å²) in [5.41, 5.74) is 0.981. The van der Waals surface area contributed by atoms with Gasteiger partial charge in [0, 0.05) is 32.2 Å². The number of hydrogen-bond acceptors (Lipinski definition) is 3. The van der Waals surface area contributed by atoms with Crippen LogP contribution in [0.15, 0.2) is 18.2 Å². The van der Waals surface area contributed by atoms with Crippen molar-refractivity contribution >= 4 is 23.3 Å². The van der Waals surface area contributed by atoms with Gasteiger partial charge in [0.25, 0.3) is 0 Å². The van der Waals surface area contributed by atoms with Crippen LogP contribution in [-0.4, -0.2) is 48.2 Å². The summed E-state index contributed by atoms with van der Waals surface area (Å²) in [4.78, 5) is 16.2. The summed E-state index contributed by atoms with van der Waals surface area (Å²) in [5, 5.41) is 9.70. The van der Waals surface area contributed by atoms with Gasteiger partial charge < -0.3 is 10.0 Å². The van der Waals surface area contributed by atoms with E-state index in [2.05, 4.69) is 9.80 Å². The van der Waals surface area contributed by atoms with E-state index in [0.29, 0.717) is 5.02 Å². The monoisotopic (exact) mass is 308 g/mol. The molecule has 2 fully saturated rings. The first-order valence-electron chi connectivity index (χ1n) is 7.67. The normalized spacial score (nSPS) is 20.9. The van der Waals surface area contributed by atoms with Crippen molar-refractivity contribution in [3.63, 3.8) is 0 Å². The van der Waals surface area contributed by atoms with Gasteiger partial charge in [0.05, 0.1) is 10.7 Å². The minimum atomic E-state index is -0.950. The molecule has 5 heteroatoms. The second kappa shape index (κ2) is 6.24. The molecule has 0 atom stereocenters. The van der Waals surface area contributed by atoms with Crippen LogP contribution in [-0.2, 0) is 0 Å². The first-order chi connectivity index (χ1) is 10.2. The van der Waals surface area contributed by atoms with E-state index in [1.165, 1.54) is 25.7 Å². The van der Waals surface area contributed by atoms with E-state index < -0.39 is 5.97 Å². The Morgan fingerprint density at radius 1 is 1.14 bits per heavy atom. The highest BCUT2D eigenvalue weighted by Gasteiger charge is 2.28. The van der Waals surface area contributed by atoms with Crippen molar-refractivity contribution in [2.24, 2.45) is 0 Å². The van der Waals surface area contributed by atoms with Crippen LogP contribution in [0.1, 0.15) is 36.0 Å². The summed E-state index contributed by atoms with van der Waals surface area (Å²) in [6, 6.07) is 6.07. The summed E-state index contributed by atoms with van der Waals surface area (Å²) in [5.74, 6) is -0.950. The molecule has 0 spiro atoms. The summed E-state index contributed by atoms with van der Waals surface area (Å²) < 4.78 is 0. The molecular formula is C16H21ClN2O2. The predicted octanol–water partition coefficient (Wildman–Crippen LogP) is 3.10. The minimum Gasteiger partial charge on any atom is -0.478 e. The zero-order chi connectivity index (χ0) is 14.8. The number of halogens is 1.